The van der Waals surface area contributed by atoms with E-state index in [0.29, 0.717) is 24.7 Å². The molecule has 1 fully saturated rings. The van der Waals surface area contributed by atoms with Crippen molar-refractivity contribution in [2.24, 2.45) is 0 Å². The van der Waals surface area contributed by atoms with Gasteiger partial charge in [-0.1, -0.05) is 11.6 Å². The summed E-state index contributed by atoms with van der Waals surface area (Å²) < 4.78 is 32.0. The molecule has 7 nitrogen and oxygen atoms in total. The van der Waals surface area contributed by atoms with E-state index >= 15 is 0 Å². The largest absolute Gasteiger partial charge is 0.465 e. The zero-order chi connectivity index (χ0) is 19.6. The summed E-state index contributed by atoms with van der Waals surface area (Å²) >= 11 is 0. The van der Waals surface area contributed by atoms with Gasteiger partial charge >= 0.3 is 5.97 Å². The van der Waals surface area contributed by atoms with Gasteiger partial charge in [0, 0.05) is 49.3 Å². The van der Waals surface area contributed by atoms with Crippen LogP contribution in [0.3, 0.4) is 0 Å². The van der Waals surface area contributed by atoms with E-state index in [9.17, 15) is 13.2 Å². The van der Waals surface area contributed by atoms with Gasteiger partial charge < -0.3 is 14.2 Å². The fourth-order valence-electron chi connectivity index (χ4n) is 3.75. The third kappa shape index (κ3) is 4.69. The van der Waals surface area contributed by atoms with E-state index in [1.165, 1.54) is 13.4 Å². The first-order valence-corrected chi connectivity index (χ1v) is 11.0. The van der Waals surface area contributed by atoms with Crippen LogP contribution in [0.1, 0.15) is 34.8 Å². The van der Waals surface area contributed by atoms with Gasteiger partial charge in [0.1, 0.15) is 0 Å². The number of ether oxygens (including phenoxy) is 1. The number of methoxy groups -OCH3 is 1. The number of nitrogens with zero attached hydrogens (tertiary/aromatic N) is 2. The summed E-state index contributed by atoms with van der Waals surface area (Å²) in [5.74, 6) is -0.311. The molecule has 148 valence electrons. The number of carbonyl (C=O) groups excluding carboxylic acids is 1. The van der Waals surface area contributed by atoms with E-state index in [-0.39, 0.29) is 5.97 Å². The van der Waals surface area contributed by atoms with Crippen LogP contribution in [0.5, 0.6) is 0 Å². The summed E-state index contributed by atoms with van der Waals surface area (Å²) in [6.07, 6.45) is 5.01. The first kappa shape index (κ1) is 19.9. The maximum Gasteiger partial charge on any atom is 0.340 e. The highest BCUT2D eigenvalue weighted by Crippen LogP contribution is 2.31. The van der Waals surface area contributed by atoms with E-state index in [2.05, 4.69) is 26.3 Å². The van der Waals surface area contributed by atoms with Crippen LogP contribution in [0.2, 0.25) is 0 Å². The Morgan fingerprint density at radius 2 is 2.00 bits per heavy atom. The molecule has 1 aliphatic rings. The maximum absolute atomic E-state index is 12.2. The lowest BCUT2D eigenvalue weighted by atomic mass is 10.0. The Bertz CT molecular complexity index is 928. The Balaban J connectivity index is 1.73. The Labute approximate surface area is 160 Å². The van der Waals surface area contributed by atoms with E-state index in [0.717, 1.165) is 42.4 Å². The van der Waals surface area contributed by atoms with Gasteiger partial charge in [-0.05, 0) is 31.9 Å². The molecule has 2 heterocycles. The second-order valence-electron chi connectivity index (χ2n) is 7.20. The van der Waals surface area contributed by atoms with Gasteiger partial charge in [-0.25, -0.2) is 17.9 Å². The number of piperidine rings is 1. The summed E-state index contributed by atoms with van der Waals surface area (Å²) in [5, 5.41) is 0.932. The number of nitrogens with one attached hydrogen (secondary N) is 1. The number of likely N-dealkylation sites (tertiary alicyclic amines) is 1. The van der Waals surface area contributed by atoms with Crippen LogP contribution in [0, 0.1) is 6.92 Å². The fourth-order valence-corrected chi connectivity index (χ4v) is 4.22. The van der Waals surface area contributed by atoms with Gasteiger partial charge in [0.15, 0.2) is 0 Å². The molecule has 1 aliphatic heterocycles. The Kier molecular flexibility index (Phi) is 5.88. The van der Waals surface area contributed by atoms with Crippen LogP contribution in [0.4, 0.5) is 0 Å². The van der Waals surface area contributed by atoms with Crippen LogP contribution >= 0.6 is 0 Å². The molecule has 8 heteroatoms. The zero-order valence-corrected chi connectivity index (χ0v) is 16.9. The topological polar surface area (TPSA) is 80.6 Å². The van der Waals surface area contributed by atoms with Gasteiger partial charge in [-0.2, -0.15) is 0 Å². The first-order chi connectivity index (χ1) is 12.8. The molecule has 0 atom stereocenters. The molecular formula is C19H27N3O4S. The predicted octanol–water partition coefficient (Wildman–Crippen LogP) is 1.92. The number of carbonyl (C=O) groups is 1. The monoisotopic (exact) mass is 393 g/mol. The lowest BCUT2D eigenvalue weighted by Gasteiger charge is -2.33. The Hall–Kier alpha value is -1.90. The minimum atomic E-state index is -3.14. The van der Waals surface area contributed by atoms with Crippen molar-refractivity contribution in [3.63, 3.8) is 0 Å². The molecule has 1 aromatic heterocycles. The summed E-state index contributed by atoms with van der Waals surface area (Å²) in [4.78, 5) is 14.5. The lowest BCUT2D eigenvalue weighted by molar-refractivity contribution is 0.0602. The second kappa shape index (κ2) is 8.00. The van der Waals surface area contributed by atoms with Crippen molar-refractivity contribution >= 4 is 26.9 Å². The van der Waals surface area contributed by atoms with Gasteiger partial charge in [-0.15, -0.1) is 0 Å². The highest BCUT2D eigenvalue weighted by atomic mass is 32.2. The van der Waals surface area contributed by atoms with Gasteiger partial charge in [0.25, 0.3) is 0 Å². The van der Waals surface area contributed by atoms with Gasteiger partial charge in [-0.3, -0.25) is 0 Å². The number of aromatic nitrogens is 1. The van der Waals surface area contributed by atoms with Crippen LogP contribution < -0.4 is 4.72 Å². The minimum absolute atomic E-state index is 0.311. The highest BCUT2D eigenvalue weighted by molar-refractivity contribution is 7.88. The van der Waals surface area contributed by atoms with E-state index in [1.807, 2.05) is 19.2 Å². The molecule has 1 N–H and O–H groups in total. The van der Waals surface area contributed by atoms with Crippen molar-refractivity contribution in [3.05, 3.63) is 35.5 Å². The van der Waals surface area contributed by atoms with Crippen LogP contribution in [-0.4, -0.2) is 63.4 Å². The Morgan fingerprint density at radius 3 is 2.63 bits per heavy atom. The number of sulfonamides is 1. The van der Waals surface area contributed by atoms with Crippen molar-refractivity contribution in [2.45, 2.75) is 25.8 Å². The average Bonchev–Trinajstić information content (AvgIpc) is 2.99. The van der Waals surface area contributed by atoms with Crippen molar-refractivity contribution in [1.82, 2.24) is 14.2 Å². The molecule has 27 heavy (non-hydrogen) atoms. The predicted molar refractivity (Wildman–Crippen MR) is 106 cm³/mol. The van der Waals surface area contributed by atoms with Crippen LogP contribution in [0.15, 0.2) is 24.4 Å². The van der Waals surface area contributed by atoms with Gasteiger partial charge in [0.05, 0.1) is 18.9 Å². The molecule has 1 saturated heterocycles. The molecule has 0 bridgehead atoms. The highest BCUT2D eigenvalue weighted by Gasteiger charge is 2.24. The Morgan fingerprint density at radius 1 is 1.30 bits per heavy atom. The molecule has 0 radical (unpaired) electrons. The molecule has 0 aliphatic carbocycles. The molecule has 1 aromatic carbocycles. The zero-order valence-electron chi connectivity index (χ0n) is 16.1. The van der Waals surface area contributed by atoms with Crippen LogP contribution in [0.25, 0.3) is 10.9 Å². The number of esters is 1. The molecule has 0 amide bonds. The molecule has 3 rings (SSSR count). The van der Waals surface area contributed by atoms with Crippen molar-refractivity contribution in [2.75, 3.05) is 39.5 Å². The average molecular weight is 394 g/mol. The maximum atomic E-state index is 12.2. The van der Waals surface area contributed by atoms with Gasteiger partial charge in [0.2, 0.25) is 10.0 Å². The van der Waals surface area contributed by atoms with Crippen molar-refractivity contribution < 1.29 is 17.9 Å². The third-order valence-corrected chi connectivity index (χ3v) is 5.87. The second-order valence-corrected chi connectivity index (χ2v) is 9.03. The number of aryl methyl sites for hydroxylation is 1. The third-order valence-electron chi connectivity index (χ3n) is 5.14. The van der Waals surface area contributed by atoms with Crippen molar-refractivity contribution in [3.8, 4) is 0 Å². The minimum Gasteiger partial charge on any atom is -0.465 e. The number of hydrogen-bond acceptors (Lipinski definition) is 5. The quantitative estimate of drug-likeness (QED) is 0.759. The van der Waals surface area contributed by atoms with E-state index in [4.69, 9.17) is 4.74 Å². The number of fused-ring (bicyclic) bond motifs is 1. The van der Waals surface area contributed by atoms with Crippen LogP contribution in [-0.2, 0) is 14.8 Å². The lowest BCUT2D eigenvalue weighted by Crippen LogP contribution is -2.39. The standard InChI is InChI=1S/C19H27N3O4S/c1-14-4-5-18-16(12-14)17(19(23)26-2)13-22(18)15-6-9-21(10-7-15)11-8-20-27(3,24)25/h4-5,12-13,15,20H,6-11H2,1-3H3. The SMILES string of the molecule is COC(=O)c1cn(C2CCN(CCNS(C)(=O)=O)CC2)c2ccc(C)cc12. The molecule has 2 aromatic rings. The summed E-state index contributed by atoms with van der Waals surface area (Å²) in [6.45, 7) is 4.95. The summed E-state index contributed by atoms with van der Waals surface area (Å²) in [6, 6.07) is 6.47. The summed E-state index contributed by atoms with van der Waals surface area (Å²) in [5.41, 5.74) is 2.77. The molecule has 0 spiro atoms. The summed E-state index contributed by atoms with van der Waals surface area (Å²) in [7, 11) is -1.73. The first-order valence-electron chi connectivity index (χ1n) is 9.15. The fraction of sp³-hybridized carbons (Fsp3) is 0.526. The normalized spacial score (nSPS) is 16.7. The van der Waals surface area contributed by atoms with E-state index in [1.54, 1.807) is 0 Å². The number of rotatable bonds is 6. The van der Waals surface area contributed by atoms with Crippen molar-refractivity contribution in [1.29, 1.82) is 0 Å². The number of hydrogen-bond donors (Lipinski definition) is 1. The smallest absolute Gasteiger partial charge is 0.340 e. The molecule has 0 unspecified atom stereocenters. The molecule has 0 saturated carbocycles. The molecular weight excluding hydrogens is 366 g/mol. The number of benzene rings is 1. The van der Waals surface area contributed by atoms with E-state index < -0.39 is 10.0 Å².